The fourth-order valence-corrected chi connectivity index (χ4v) is 5.78. The van der Waals surface area contributed by atoms with Gasteiger partial charge in [-0.05, 0) is 44.9 Å². The molecule has 0 atom stereocenters. The smallest absolute Gasteiger partial charge is 0.308 e. The Morgan fingerprint density at radius 1 is 1.28 bits per heavy atom. The summed E-state index contributed by atoms with van der Waals surface area (Å²) in [5.41, 5.74) is 0.730. The lowest BCUT2D eigenvalue weighted by molar-refractivity contribution is -0.142. The summed E-state index contributed by atoms with van der Waals surface area (Å²) in [4.78, 5) is 23.2. The van der Waals surface area contributed by atoms with Gasteiger partial charge in [0.05, 0.1) is 21.0 Å². The Morgan fingerprint density at radius 2 is 1.92 bits per heavy atom. The lowest BCUT2D eigenvalue weighted by Gasteiger charge is -2.29. The van der Waals surface area contributed by atoms with Crippen molar-refractivity contribution in [2.75, 3.05) is 13.1 Å². The maximum atomic E-state index is 12.8. The minimum absolute atomic E-state index is 0.00115. The molecule has 0 unspecified atom stereocenters. The molecular weight excluding hydrogens is 364 g/mol. The standard InChI is InChI=1S/C16H20N2O5S2/c1-10(2)18-13-4-3-12(9-14(13)24-16(18)21)25(22,23)17-7-5-11(6-8-17)15(19)20/h3-4,9-11H,5-8H2,1-2H3,(H,19,20). The van der Waals surface area contributed by atoms with Gasteiger partial charge in [-0.15, -0.1) is 0 Å². The highest BCUT2D eigenvalue weighted by atomic mass is 32.2. The Morgan fingerprint density at radius 3 is 2.48 bits per heavy atom. The van der Waals surface area contributed by atoms with E-state index in [1.807, 2.05) is 13.8 Å². The molecule has 2 heterocycles. The van der Waals surface area contributed by atoms with Gasteiger partial charge in [0.15, 0.2) is 0 Å². The van der Waals surface area contributed by atoms with Gasteiger partial charge in [0.1, 0.15) is 0 Å². The zero-order valence-corrected chi connectivity index (χ0v) is 15.6. The number of aromatic nitrogens is 1. The zero-order chi connectivity index (χ0) is 18.4. The molecular formula is C16H20N2O5S2. The zero-order valence-electron chi connectivity index (χ0n) is 14.0. The molecule has 1 aliphatic heterocycles. The second-order valence-corrected chi connectivity index (χ2v) is 9.41. The molecule has 1 aromatic carbocycles. The van der Waals surface area contributed by atoms with Crippen LogP contribution in [0.15, 0.2) is 27.9 Å². The van der Waals surface area contributed by atoms with Gasteiger partial charge in [-0.25, -0.2) is 8.42 Å². The first-order valence-corrected chi connectivity index (χ1v) is 10.4. The Bertz CT molecular complexity index is 966. The fraction of sp³-hybridized carbons (Fsp3) is 0.500. The van der Waals surface area contributed by atoms with Gasteiger partial charge in [-0.2, -0.15) is 4.31 Å². The van der Waals surface area contributed by atoms with Crippen molar-refractivity contribution >= 4 is 37.5 Å². The highest BCUT2D eigenvalue weighted by molar-refractivity contribution is 7.89. The van der Waals surface area contributed by atoms with E-state index in [0.717, 1.165) is 16.9 Å². The van der Waals surface area contributed by atoms with Crippen LogP contribution in [0, 0.1) is 5.92 Å². The number of rotatable bonds is 4. The van der Waals surface area contributed by atoms with Crippen molar-refractivity contribution in [3.05, 3.63) is 27.9 Å². The highest BCUT2D eigenvalue weighted by Gasteiger charge is 2.32. The number of piperidine rings is 1. The Balaban J connectivity index is 1.93. The number of hydrogen-bond donors (Lipinski definition) is 1. The molecule has 25 heavy (non-hydrogen) atoms. The summed E-state index contributed by atoms with van der Waals surface area (Å²) in [7, 11) is -3.69. The molecule has 1 saturated heterocycles. The maximum absolute atomic E-state index is 12.8. The number of carbonyl (C=O) groups is 1. The van der Waals surface area contributed by atoms with Crippen molar-refractivity contribution in [1.29, 1.82) is 0 Å². The summed E-state index contributed by atoms with van der Waals surface area (Å²) in [6.07, 6.45) is 0.627. The lowest BCUT2D eigenvalue weighted by atomic mass is 9.99. The second kappa shape index (κ2) is 6.54. The molecule has 1 N–H and O–H groups in total. The number of carboxylic acid groups (broad SMARTS) is 1. The van der Waals surface area contributed by atoms with E-state index in [2.05, 4.69) is 0 Å². The lowest BCUT2D eigenvalue weighted by Crippen LogP contribution is -2.40. The summed E-state index contributed by atoms with van der Waals surface area (Å²) in [5, 5.41) is 9.04. The molecule has 7 nitrogen and oxygen atoms in total. The number of benzene rings is 1. The first-order valence-electron chi connectivity index (χ1n) is 8.10. The molecule has 0 bridgehead atoms. The molecule has 1 aromatic heterocycles. The summed E-state index contributed by atoms with van der Waals surface area (Å²) >= 11 is 1.04. The molecule has 3 rings (SSSR count). The third-order valence-electron chi connectivity index (χ3n) is 4.54. The first-order chi connectivity index (χ1) is 11.7. The number of sulfonamides is 1. The number of aliphatic carboxylic acids is 1. The van der Waals surface area contributed by atoms with E-state index in [1.54, 1.807) is 16.7 Å². The average molecular weight is 384 g/mol. The van der Waals surface area contributed by atoms with Crippen molar-refractivity contribution in [3.8, 4) is 0 Å². The normalized spacial score (nSPS) is 17.4. The van der Waals surface area contributed by atoms with E-state index in [0.29, 0.717) is 17.5 Å². The average Bonchev–Trinajstić information content (AvgIpc) is 2.89. The second-order valence-electron chi connectivity index (χ2n) is 6.48. The van der Waals surface area contributed by atoms with E-state index >= 15 is 0 Å². The molecule has 2 aromatic rings. The summed E-state index contributed by atoms with van der Waals surface area (Å²) < 4.78 is 29.3. The molecule has 1 aliphatic rings. The quantitative estimate of drug-likeness (QED) is 0.871. The molecule has 0 radical (unpaired) electrons. The van der Waals surface area contributed by atoms with Crippen LogP contribution in [0.2, 0.25) is 0 Å². The van der Waals surface area contributed by atoms with Crippen LogP contribution in [0.3, 0.4) is 0 Å². The topological polar surface area (TPSA) is 96.7 Å². The first kappa shape index (κ1) is 18.1. The molecule has 9 heteroatoms. The van der Waals surface area contributed by atoms with Gasteiger partial charge >= 0.3 is 10.8 Å². The maximum Gasteiger partial charge on any atom is 0.308 e. The molecule has 0 spiro atoms. The van der Waals surface area contributed by atoms with Crippen LogP contribution in [0.1, 0.15) is 32.7 Å². The monoisotopic (exact) mass is 384 g/mol. The molecule has 1 fully saturated rings. The van der Waals surface area contributed by atoms with Crippen LogP contribution in [0.25, 0.3) is 10.2 Å². The summed E-state index contributed by atoms with van der Waals surface area (Å²) in [6.45, 7) is 4.21. The Labute approximate surface area is 149 Å². The largest absolute Gasteiger partial charge is 0.481 e. The van der Waals surface area contributed by atoms with Gasteiger partial charge in [-0.3, -0.25) is 14.2 Å². The molecule has 0 amide bonds. The van der Waals surface area contributed by atoms with Crippen LogP contribution in [-0.2, 0) is 14.8 Å². The minimum atomic E-state index is -3.69. The minimum Gasteiger partial charge on any atom is -0.481 e. The fourth-order valence-electron chi connectivity index (χ4n) is 3.16. The molecule has 0 aliphatic carbocycles. The van der Waals surface area contributed by atoms with Crippen LogP contribution in [0.5, 0.6) is 0 Å². The van der Waals surface area contributed by atoms with Crippen LogP contribution < -0.4 is 4.87 Å². The number of carboxylic acids is 1. The van der Waals surface area contributed by atoms with Gasteiger partial charge < -0.3 is 5.11 Å². The van der Waals surface area contributed by atoms with Crippen molar-refractivity contribution in [2.45, 2.75) is 37.6 Å². The van der Waals surface area contributed by atoms with Crippen molar-refractivity contribution in [3.63, 3.8) is 0 Å². The van der Waals surface area contributed by atoms with E-state index in [4.69, 9.17) is 5.11 Å². The Kier molecular flexibility index (Phi) is 4.74. The number of fused-ring (bicyclic) bond motifs is 1. The van der Waals surface area contributed by atoms with Gasteiger partial charge in [0, 0.05) is 19.1 Å². The Hall–Kier alpha value is -1.71. The van der Waals surface area contributed by atoms with E-state index in [9.17, 15) is 18.0 Å². The third-order valence-corrected chi connectivity index (χ3v) is 7.35. The summed E-state index contributed by atoms with van der Waals surface area (Å²) in [6, 6.07) is 4.73. The number of nitrogens with zero attached hydrogens (tertiary/aromatic N) is 2. The van der Waals surface area contributed by atoms with E-state index < -0.39 is 21.9 Å². The van der Waals surface area contributed by atoms with E-state index in [1.165, 1.54) is 10.4 Å². The van der Waals surface area contributed by atoms with Gasteiger partial charge in [0.2, 0.25) is 10.0 Å². The van der Waals surface area contributed by atoms with Gasteiger partial charge in [0.25, 0.3) is 0 Å². The molecule has 0 saturated carbocycles. The van der Waals surface area contributed by atoms with Crippen molar-refractivity contribution in [1.82, 2.24) is 8.87 Å². The third kappa shape index (κ3) is 3.23. The predicted octanol–water partition coefficient (Wildman–Crippen LogP) is 2.13. The van der Waals surface area contributed by atoms with Crippen LogP contribution in [0.4, 0.5) is 0 Å². The van der Waals surface area contributed by atoms with Crippen molar-refractivity contribution in [2.24, 2.45) is 5.92 Å². The molecule has 136 valence electrons. The predicted molar refractivity (Wildman–Crippen MR) is 95.6 cm³/mol. The number of thiazole rings is 1. The number of hydrogen-bond acceptors (Lipinski definition) is 5. The van der Waals surface area contributed by atoms with Crippen LogP contribution >= 0.6 is 11.3 Å². The van der Waals surface area contributed by atoms with Crippen LogP contribution in [-0.4, -0.2) is 41.5 Å². The van der Waals surface area contributed by atoms with Crippen molar-refractivity contribution < 1.29 is 18.3 Å². The van der Waals surface area contributed by atoms with E-state index in [-0.39, 0.29) is 28.9 Å². The summed E-state index contributed by atoms with van der Waals surface area (Å²) in [5.74, 6) is -1.36. The SMILES string of the molecule is CC(C)n1c(=O)sc2cc(S(=O)(=O)N3CCC(C(=O)O)CC3)ccc21. The van der Waals surface area contributed by atoms with Gasteiger partial charge in [-0.1, -0.05) is 11.3 Å². The highest BCUT2D eigenvalue weighted by Crippen LogP contribution is 2.28.